The second kappa shape index (κ2) is 5.11. The third-order valence-corrected chi connectivity index (χ3v) is 3.02. The summed E-state index contributed by atoms with van der Waals surface area (Å²) in [5.74, 6) is 0. The van der Waals surface area contributed by atoms with Crippen LogP contribution in [0.3, 0.4) is 0 Å². The number of fused-ring (bicyclic) bond motifs is 1. The molecule has 1 aromatic heterocycles. The van der Waals surface area contributed by atoms with Gasteiger partial charge in [0.25, 0.3) is 0 Å². The van der Waals surface area contributed by atoms with Crippen LogP contribution in [0.4, 0.5) is 0 Å². The van der Waals surface area contributed by atoms with Crippen LogP contribution in [0.25, 0.3) is 10.9 Å². The van der Waals surface area contributed by atoms with Gasteiger partial charge in [0.15, 0.2) is 0 Å². The van der Waals surface area contributed by atoms with Crippen molar-refractivity contribution in [1.29, 1.82) is 0 Å². The fourth-order valence-corrected chi connectivity index (χ4v) is 1.95. The van der Waals surface area contributed by atoms with Crippen LogP contribution in [0.2, 0.25) is 0 Å². The predicted octanol–water partition coefficient (Wildman–Crippen LogP) is 3.62. The Morgan fingerprint density at radius 1 is 1.35 bits per heavy atom. The zero-order valence-electron chi connectivity index (χ0n) is 10.1. The Morgan fingerprint density at radius 3 is 2.94 bits per heavy atom. The van der Waals surface area contributed by atoms with Gasteiger partial charge in [0.05, 0.1) is 11.6 Å². The van der Waals surface area contributed by atoms with Gasteiger partial charge >= 0.3 is 0 Å². The molecule has 0 radical (unpaired) electrons. The van der Waals surface area contributed by atoms with Crippen molar-refractivity contribution in [1.82, 2.24) is 4.98 Å². The number of hydrogen-bond donors (Lipinski definition) is 1. The Morgan fingerprint density at radius 2 is 2.18 bits per heavy atom. The van der Waals surface area contributed by atoms with Crippen molar-refractivity contribution in [3.8, 4) is 0 Å². The first kappa shape index (κ1) is 11.8. The summed E-state index contributed by atoms with van der Waals surface area (Å²) in [5, 5.41) is 11.3. The van der Waals surface area contributed by atoms with E-state index in [9.17, 15) is 5.11 Å². The summed E-state index contributed by atoms with van der Waals surface area (Å²) >= 11 is 0. The van der Waals surface area contributed by atoms with E-state index in [0.717, 1.165) is 28.5 Å². The summed E-state index contributed by atoms with van der Waals surface area (Å²) in [4.78, 5) is 4.29. The minimum Gasteiger partial charge on any atom is -0.388 e. The second-order valence-electron chi connectivity index (χ2n) is 4.24. The molecule has 88 valence electrons. The largest absolute Gasteiger partial charge is 0.388 e. The number of hydrogen-bond acceptors (Lipinski definition) is 2. The molecular weight excluding hydrogens is 210 g/mol. The third kappa shape index (κ3) is 2.53. The molecule has 0 aliphatic heterocycles. The molecule has 0 aliphatic carbocycles. The molecule has 0 aliphatic rings. The van der Waals surface area contributed by atoms with E-state index in [1.807, 2.05) is 30.3 Å². The monoisotopic (exact) mass is 227 g/mol. The minimum atomic E-state index is -0.490. The summed E-state index contributed by atoms with van der Waals surface area (Å²) in [6, 6.07) is 9.74. The number of aliphatic hydroxyl groups is 1. The van der Waals surface area contributed by atoms with Crippen LogP contribution in [0, 0.1) is 0 Å². The molecule has 0 bridgehead atoms. The average molecular weight is 227 g/mol. The quantitative estimate of drug-likeness (QED) is 0.809. The molecule has 0 fully saturated rings. The van der Waals surface area contributed by atoms with Crippen molar-refractivity contribution in [3.63, 3.8) is 0 Å². The van der Waals surface area contributed by atoms with Gasteiger partial charge in [-0.3, -0.25) is 4.98 Å². The number of aliphatic hydroxyl groups excluding tert-OH is 1. The van der Waals surface area contributed by atoms with Crippen molar-refractivity contribution in [2.75, 3.05) is 0 Å². The first-order valence-electron chi connectivity index (χ1n) is 5.90. The molecule has 1 N–H and O–H groups in total. The molecule has 1 heterocycles. The highest BCUT2D eigenvalue weighted by atomic mass is 16.3. The molecule has 2 nitrogen and oxygen atoms in total. The maximum absolute atomic E-state index is 10.2. The maximum atomic E-state index is 10.2. The van der Waals surface area contributed by atoms with Crippen LogP contribution in [0.15, 0.2) is 48.7 Å². The lowest BCUT2D eigenvalue weighted by Crippen LogP contribution is -2.00. The van der Waals surface area contributed by atoms with Crippen molar-refractivity contribution >= 4 is 10.9 Å². The van der Waals surface area contributed by atoms with Gasteiger partial charge in [0, 0.05) is 11.6 Å². The molecular formula is C15H17NO. The average Bonchev–Trinajstić information content (AvgIpc) is 2.37. The van der Waals surface area contributed by atoms with Crippen molar-refractivity contribution < 1.29 is 5.11 Å². The molecule has 0 saturated carbocycles. The Bertz CT molecular complexity index is 528. The lowest BCUT2D eigenvalue weighted by atomic mass is 9.97. The van der Waals surface area contributed by atoms with Gasteiger partial charge in [-0.05, 0) is 30.5 Å². The van der Waals surface area contributed by atoms with Crippen LogP contribution in [0.5, 0.6) is 0 Å². The van der Waals surface area contributed by atoms with Crippen LogP contribution < -0.4 is 0 Å². The third-order valence-electron chi connectivity index (χ3n) is 3.02. The molecule has 0 spiro atoms. The molecule has 1 aromatic carbocycles. The molecule has 2 aromatic rings. The van der Waals surface area contributed by atoms with Crippen molar-refractivity contribution in [3.05, 3.63) is 54.2 Å². The van der Waals surface area contributed by atoms with E-state index >= 15 is 0 Å². The Hall–Kier alpha value is -1.67. The number of pyridine rings is 1. The highest BCUT2D eigenvalue weighted by molar-refractivity contribution is 5.82. The lowest BCUT2D eigenvalue weighted by molar-refractivity contribution is 0.179. The number of benzene rings is 1. The van der Waals surface area contributed by atoms with Gasteiger partial charge in [-0.15, -0.1) is 0 Å². The van der Waals surface area contributed by atoms with Gasteiger partial charge in [-0.25, -0.2) is 0 Å². The van der Waals surface area contributed by atoms with Gasteiger partial charge in [-0.2, -0.15) is 0 Å². The standard InChI is InChI=1S/C15H17NO/c1-3-11(2)10-15(17)13-6-4-8-14-12(13)7-5-9-16-14/h4-9,15,17H,2-3,10H2,1H3. The summed E-state index contributed by atoms with van der Waals surface area (Å²) in [6.07, 6.45) is 2.80. The number of rotatable bonds is 4. The zero-order valence-corrected chi connectivity index (χ0v) is 10.1. The Kier molecular flexibility index (Phi) is 3.55. The smallest absolute Gasteiger partial charge is 0.0833 e. The van der Waals surface area contributed by atoms with Gasteiger partial charge in [-0.1, -0.05) is 37.3 Å². The molecule has 0 amide bonds. The molecule has 1 atom stereocenters. The van der Waals surface area contributed by atoms with Crippen molar-refractivity contribution in [2.45, 2.75) is 25.9 Å². The second-order valence-corrected chi connectivity index (χ2v) is 4.24. The normalized spacial score (nSPS) is 12.6. The highest BCUT2D eigenvalue weighted by Crippen LogP contribution is 2.27. The van der Waals surface area contributed by atoms with E-state index < -0.39 is 6.10 Å². The summed E-state index contributed by atoms with van der Waals surface area (Å²) in [7, 11) is 0. The molecule has 1 unspecified atom stereocenters. The van der Waals surface area contributed by atoms with Crippen LogP contribution in [0.1, 0.15) is 31.4 Å². The molecule has 2 heteroatoms. The summed E-state index contributed by atoms with van der Waals surface area (Å²) < 4.78 is 0. The Labute approximate surface area is 102 Å². The fourth-order valence-electron chi connectivity index (χ4n) is 1.95. The molecule has 2 rings (SSSR count). The molecule has 17 heavy (non-hydrogen) atoms. The first-order valence-corrected chi connectivity index (χ1v) is 5.90. The van der Waals surface area contributed by atoms with Crippen LogP contribution >= 0.6 is 0 Å². The van der Waals surface area contributed by atoms with Crippen LogP contribution in [-0.4, -0.2) is 10.1 Å². The Balaban J connectivity index is 2.38. The van der Waals surface area contributed by atoms with E-state index in [-0.39, 0.29) is 0 Å². The van der Waals surface area contributed by atoms with E-state index in [1.165, 1.54) is 0 Å². The zero-order chi connectivity index (χ0) is 12.3. The van der Waals surface area contributed by atoms with Gasteiger partial charge < -0.3 is 5.11 Å². The number of nitrogens with zero attached hydrogens (tertiary/aromatic N) is 1. The minimum absolute atomic E-state index is 0.490. The maximum Gasteiger partial charge on any atom is 0.0833 e. The fraction of sp³-hybridized carbons (Fsp3) is 0.267. The number of aromatic nitrogens is 1. The van der Waals surface area contributed by atoms with Crippen LogP contribution in [-0.2, 0) is 0 Å². The van der Waals surface area contributed by atoms with Gasteiger partial charge in [0.1, 0.15) is 0 Å². The predicted molar refractivity (Wildman–Crippen MR) is 70.8 cm³/mol. The van der Waals surface area contributed by atoms with E-state index in [1.54, 1.807) is 6.20 Å². The SMILES string of the molecule is C=C(CC)CC(O)c1cccc2ncccc12. The van der Waals surface area contributed by atoms with E-state index in [0.29, 0.717) is 6.42 Å². The van der Waals surface area contributed by atoms with E-state index in [4.69, 9.17) is 0 Å². The summed E-state index contributed by atoms with van der Waals surface area (Å²) in [6.45, 7) is 6.00. The lowest BCUT2D eigenvalue weighted by Gasteiger charge is -2.14. The highest BCUT2D eigenvalue weighted by Gasteiger charge is 2.11. The summed E-state index contributed by atoms with van der Waals surface area (Å²) in [5.41, 5.74) is 2.93. The topological polar surface area (TPSA) is 33.1 Å². The van der Waals surface area contributed by atoms with Crippen molar-refractivity contribution in [2.24, 2.45) is 0 Å². The first-order chi connectivity index (χ1) is 8.22. The van der Waals surface area contributed by atoms with E-state index in [2.05, 4.69) is 18.5 Å². The van der Waals surface area contributed by atoms with Gasteiger partial charge in [0.2, 0.25) is 0 Å². The molecule has 0 saturated heterocycles.